The van der Waals surface area contributed by atoms with E-state index in [1.54, 1.807) is 12.1 Å². The summed E-state index contributed by atoms with van der Waals surface area (Å²) in [7, 11) is -1.42. The van der Waals surface area contributed by atoms with Crippen molar-refractivity contribution in [2.75, 3.05) is 14.2 Å². The van der Waals surface area contributed by atoms with Gasteiger partial charge in [0.2, 0.25) is 10.0 Å². The number of ether oxygens (including phenoxy) is 1. The van der Waals surface area contributed by atoms with E-state index in [-0.39, 0.29) is 27.4 Å². The van der Waals surface area contributed by atoms with Crippen LogP contribution < -0.4 is 9.46 Å². The van der Waals surface area contributed by atoms with Crippen molar-refractivity contribution in [1.29, 1.82) is 15.8 Å². The Balaban J connectivity index is 4.18. The average molecular weight is 354 g/mol. The zero-order chi connectivity index (χ0) is 19.0. The molecule has 0 aliphatic rings. The molecule has 0 radical (unpaired) electrons. The van der Waals surface area contributed by atoms with Crippen LogP contribution in [0, 0.1) is 34.0 Å². The molecule has 0 aliphatic heterocycles. The Bertz CT molecular complexity index is 968. The number of nitrogens with zero attached hydrogens (tertiary/aromatic N) is 3. The number of hydrogen-bond donors (Lipinski definition) is 1. The maximum atomic E-state index is 12.4. The lowest BCUT2D eigenvalue weighted by Crippen LogP contribution is -2.20. The second-order valence-electron chi connectivity index (χ2n) is 4.44. The van der Waals surface area contributed by atoms with Crippen LogP contribution in [0.4, 0.5) is 0 Å². The lowest BCUT2D eigenvalue weighted by Gasteiger charge is -2.16. The Kier molecular flexibility index (Phi) is 6.66. The second kappa shape index (κ2) is 8.47. The first-order valence-electron chi connectivity index (χ1n) is 6.80. The van der Waals surface area contributed by atoms with E-state index in [4.69, 9.17) is 4.74 Å². The van der Waals surface area contributed by atoms with E-state index in [0.29, 0.717) is 0 Å². The standard InChI is InChI=1S/C17H14N4O3S/c1-4-6-12(9-18)16(13(10-19)11-20)17-14(24-3)7-5-8-15(17)25(22,23)21-2/h4-8,21H,1H2,2-3H3/b12-6+. The van der Waals surface area contributed by atoms with E-state index in [1.807, 2.05) is 6.07 Å². The maximum Gasteiger partial charge on any atom is 0.241 e. The van der Waals surface area contributed by atoms with Gasteiger partial charge in [0, 0.05) is 11.1 Å². The number of rotatable bonds is 6. The maximum absolute atomic E-state index is 12.4. The van der Waals surface area contributed by atoms with Gasteiger partial charge in [0.25, 0.3) is 0 Å². The van der Waals surface area contributed by atoms with Gasteiger partial charge in [-0.2, -0.15) is 15.8 Å². The van der Waals surface area contributed by atoms with E-state index in [9.17, 15) is 24.2 Å². The highest BCUT2D eigenvalue weighted by Gasteiger charge is 2.27. The van der Waals surface area contributed by atoms with Gasteiger partial charge in [-0.05, 0) is 25.3 Å². The lowest BCUT2D eigenvalue weighted by atomic mass is 9.93. The molecule has 0 saturated carbocycles. The van der Waals surface area contributed by atoms with E-state index in [0.717, 1.165) is 0 Å². The van der Waals surface area contributed by atoms with Gasteiger partial charge < -0.3 is 4.74 Å². The molecule has 0 atom stereocenters. The summed E-state index contributed by atoms with van der Waals surface area (Å²) >= 11 is 0. The largest absolute Gasteiger partial charge is 0.496 e. The summed E-state index contributed by atoms with van der Waals surface area (Å²) in [6.45, 7) is 3.49. The first-order chi connectivity index (χ1) is 11.9. The van der Waals surface area contributed by atoms with Gasteiger partial charge in [-0.3, -0.25) is 0 Å². The number of sulfonamides is 1. The summed E-state index contributed by atoms with van der Waals surface area (Å²) in [5, 5.41) is 28.0. The highest BCUT2D eigenvalue weighted by molar-refractivity contribution is 7.89. The van der Waals surface area contributed by atoms with Crippen LogP contribution >= 0.6 is 0 Å². The summed E-state index contributed by atoms with van der Waals surface area (Å²) in [5.74, 6) is 0.0968. The molecule has 0 aromatic heterocycles. The summed E-state index contributed by atoms with van der Waals surface area (Å²) in [6.07, 6.45) is 2.58. The third-order valence-corrected chi connectivity index (χ3v) is 4.62. The van der Waals surface area contributed by atoms with E-state index >= 15 is 0 Å². The molecule has 0 heterocycles. The molecule has 126 valence electrons. The Labute approximate surface area is 146 Å². The van der Waals surface area contributed by atoms with Gasteiger partial charge in [0.1, 0.15) is 23.5 Å². The summed E-state index contributed by atoms with van der Waals surface area (Å²) in [6, 6.07) is 9.46. The number of methoxy groups -OCH3 is 1. The van der Waals surface area contributed by atoms with Crippen LogP contribution in [0.3, 0.4) is 0 Å². The van der Waals surface area contributed by atoms with Crippen LogP contribution in [-0.2, 0) is 10.0 Å². The molecule has 0 aliphatic carbocycles. The molecule has 1 aromatic carbocycles. The molecule has 8 heteroatoms. The quantitative estimate of drug-likeness (QED) is 0.615. The zero-order valence-corrected chi connectivity index (χ0v) is 14.4. The molecular weight excluding hydrogens is 340 g/mol. The third-order valence-electron chi connectivity index (χ3n) is 3.16. The Morgan fingerprint density at radius 3 is 2.32 bits per heavy atom. The van der Waals surface area contributed by atoms with Gasteiger partial charge in [-0.15, -0.1) is 0 Å². The zero-order valence-electron chi connectivity index (χ0n) is 13.6. The van der Waals surface area contributed by atoms with Crippen LogP contribution in [0.5, 0.6) is 5.75 Å². The summed E-state index contributed by atoms with van der Waals surface area (Å²) in [5.41, 5.74) is -0.706. The van der Waals surface area contributed by atoms with Crippen molar-refractivity contribution in [2.24, 2.45) is 0 Å². The topological polar surface area (TPSA) is 127 Å². The summed E-state index contributed by atoms with van der Waals surface area (Å²) < 4.78 is 32.2. The average Bonchev–Trinajstić information content (AvgIpc) is 2.63. The van der Waals surface area contributed by atoms with Crippen LogP contribution in [0.2, 0.25) is 0 Å². The lowest BCUT2D eigenvalue weighted by molar-refractivity contribution is 0.412. The first-order valence-corrected chi connectivity index (χ1v) is 8.28. The fraction of sp³-hybridized carbons (Fsp3) is 0.118. The Hall–Kier alpha value is -3.38. The Morgan fingerprint density at radius 2 is 1.88 bits per heavy atom. The van der Waals surface area contributed by atoms with Crippen LogP contribution in [0.25, 0.3) is 5.57 Å². The molecule has 7 nitrogen and oxygen atoms in total. The van der Waals surface area contributed by atoms with Gasteiger partial charge in [0.15, 0.2) is 0 Å². The number of nitriles is 3. The monoisotopic (exact) mass is 354 g/mol. The number of hydrogen-bond acceptors (Lipinski definition) is 6. The molecule has 1 aromatic rings. The molecule has 0 spiro atoms. The van der Waals surface area contributed by atoms with Gasteiger partial charge in [-0.25, -0.2) is 13.1 Å². The molecule has 0 saturated heterocycles. The molecule has 1 rings (SSSR count). The van der Waals surface area contributed by atoms with Crippen LogP contribution in [-0.4, -0.2) is 22.6 Å². The van der Waals surface area contributed by atoms with E-state index in [1.165, 1.54) is 44.5 Å². The molecule has 25 heavy (non-hydrogen) atoms. The second-order valence-corrected chi connectivity index (χ2v) is 6.30. The number of nitrogens with one attached hydrogen (secondary N) is 1. The van der Waals surface area contributed by atoms with E-state index in [2.05, 4.69) is 11.3 Å². The molecule has 0 unspecified atom stereocenters. The SMILES string of the molecule is C=C/C=C(\C#N)C(=C(C#N)C#N)c1c(OC)cccc1S(=O)(=O)NC. The van der Waals surface area contributed by atoms with Crippen LogP contribution in [0.15, 0.2) is 53.0 Å². The van der Waals surface area contributed by atoms with Crippen molar-refractivity contribution in [1.82, 2.24) is 4.72 Å². The third kappa shape index (κ3) is 3.94. The highest BCUT2D eigenvalue weighted by Crippen LogP contribution is 2.37. The van der Waals surface area contributed by atoms with Crippen molar-refractivity contribution < 1.29 is 13.2 Å². The van der Waals surface area contributed by atoms with E-state index < -0.39 is 15.6 Å². The van der Waals surface area contributed by atoms with Gasteiger partial charge in [0.05, 0.1) is 23.6 Å². The molecule has 1 N–H and O–H groups in total. The summed E-state index contributed by atoms with van der Waals surface area (Å²) in [4.78, 5) is -0.224. The van der Waals surface area contributed by atoms with Crippen molar-refractivity contribution in [2.45, 2.75) is 4.90 Å². The molecule has 0 bridgehead atoms. The fourth-order valence-electron chi connectivity index (χ4n) is 2.09. The highest BCUT2D eigenvalue weighted by atomic mass is 32.2. The molecule has 0 amide bonds. The van der Waals surface area contributed by atoms with Crippen molar-refractivity contribution in [3.8, 4) is 24.0 Å². The smallest absolute Gasteiger partial charge is 0.241 e. The minimum Gasteiger partial charge on any atom is -0.496 e. The Morgan fingerprint density at radius 1 is 1.24 bits per heavy atom. The van der Waals surface area contributed by atoms with Gasteiger partial charge in [-0.1, -0.05) is 18.7 Å². The number of benzene rings is 1. The van der Waals surface area contributed by atoms with Crippen molar-refractivity contribution in [3.63, 3.8) is 0 Å². The van der Waals surface area contributed by atoms with Crippen molar-refractivity contribution in [3.05, 3.63) is 53.6 Å². The fourth-order valence-corrected chi connectivity index (χ4v) is 3.04. The minimum atomic E-state index is -3.96. The predicted octanol–water partition coefficient (Wildman–Crippen LogP) is 2.04. The molecular formula is C17H14N4O3S. The van der Waals surface area contributed by atoms with Gasteiger partial charge >= 0.3 is 0 Å². The predicted molar refractivity (Wildman–Crippen MR) is 91.3 cm³/mol. The molecule has 0 fully saturated rings. The van der Waals surface area contributed by atoms with Crippen LogP contribution in [0.1, 0.15) is 5.56 Å². The first kappa shape index (κ1) is 19.7. The number of allylic oxidation sites excluding steroid dienone is 5. The minimum absolute atomic E-state index is 0.0490. The normalized spacial score (nSPS) is 10.8. The van der Waals surface area contributed by atoms with Crippen molar-refractivity contribution >= 4 is 15.6 Å².